The van der Waals surface area contributed by atoms with E-state index in [1.165, 1.54) is 0 Å². The van der Waals surface area contributed by atoms with Crippen LogP contribution >= 0.6 is 0 Å². The van der Waals surface area contributed by atoms with Gasteiger partial charge in [0.05, 0.1) is 6.20 Å². The van der Waals surface area contributed by atoms with Crippen LogP contribution in [-0.4, -0.2) is 29.5 Å². The molecule has 1 aliphatic rings. The topological polar surface area (TPSA) is 77.4 Å². The maximum absolute atomic E-state index is 12.4. The number of aryl methyl sites for hydroxylation is 1. The van der Waals surface area contributed by atoms with Crippen LogP contribution in [-0.2, 0) is 11.8 Å². The highest BCUT2D eigenvalue weighted by atomic mass is 16.7. The molecule has 1 aromatic carbocycles. The minimum Gasteiger partial charge on any atom is -0.454 e. The number of anilines is 1. The number of nitrogens with one attached hydrogen (secondary N) is 2. The molecule has 0 saturated heterocycles. The lowest BCUT2D eigenvalue weighted by molar-refractivity contribution is -0.118. The van der Waals surface area contributed by atoms with E-state index in [1.807, 2.05) is 7.05 Å². The number of hydrogen-bond donors (Lipinski definition) is 2. The second-order valence-corrected chi connectivity index (χ2v) is 4.73. The van der Waals surface area contributed by atoms with Gasteiger partial charge in [0.15, 0.2) is 11.5 Å². The third kappa shape index (κ3) is 2.68. The zero-order valence-corrected chi connectivity index (χ0v) is 11.8. The molecule has 21 heavy (non-hydrogen) atoms. The lowest BCUT2D eigenvalue weighted by atomic mass is 10.1. The Balaban J connectivity index is 1.75. The van der Waals surface area contributed by atoms with Crippen LogP contribution in [0.25, 0.3) is 0 Å². The van der Waals surface area contributed by atoms with Crippen LogP contribution in [0.2, 0.25) is 0 Å². The number of ether oxygens (including phenoxy) is 2. The third-order valence-electron chi connectivity index (χ3n) is 3.25. The first-order valence-electron chi connectivity index (χ1n) is 6.53. The van der Waals surface area contributed by atoms with Gasteiger partial charge in [-0.05, 0) is 19.2 Å². The Morgan fingerprint density at radius 2 is 2.19 bits per heavy atom. The summed E-state index contributed by atoms with van der Waals surface area (Å²) in [6.45, 7) is 0.210. The van der Waals surface area contributed by atoms with Crippen molar-refractivity contribution < 1.29 is 14.3 Å². The molecule has 7 nitrogen and oxygen atoms in total. The van der Waals surface area contributed by atoms with Crippen molar-refractivity contribution in [3.63, 3.8) is 0 Å². The Labute approximate surface area is 121 Å². The SMILES string of the molecule is CNC(C(=O)Nc1ccc2c(c1)OCO2)c1cnn(C)c1. The van der Waals surface area contributed by atoms with Gasteiger partial charge in [-0.3, -0.25) is 9.48 Å². The summed E-state index contributed by atoms with van der Waals surface area (Å²) < 4.78 is 12.2. The Kier molecular flexibility index (Phi) is 3.49. The van der Waals surface area contributed by atoms with Crippen molar-refractivity contribution in [3.8, 4) is 11.5 Å². The molecule has 0 aliphatic carbocycles. The van der Waals surface area contributed by atoms with E-state index in [2.05, 4.69) is 15.7 Å². The summed E-state index contributed by atoms with van der Waals surface area (Å²) >= 11 is 0. The maximum atomic E-state index is 12.4. The van der Waals surface area contributed by atoms with Crippen LogP contribution in [0, 0.1) is 0 Å². The quantitative estimate of drug-likeness (QED) is 0.879. The van der Waals surface area contributed by atoms with E-state index in [1.54, 1.807) is 42.3 Å². The minimum atomic E-state index is -0.468. The molecule has 0 saturated carbocycles. The summed E-state index contributed by atoms with van der Waals surface area (Å²) in [7, 11) is 3.54. The van der Waals surface area contributed by atoms with Gasteiger partial charge in [-0.1, -0.05) is 0 Å². The molecular formula is C14H16N4O3. The summed E-state index contributed by atoms with van der Waals surface area (Å²) in [6.07, 6.45) is 3.47. The molecule has 110 valence electrons. The largest absolute Gasteiger partial charge is 0.454 e. The van der Waals surface area contributed by atoms with Crippen LogP contribution in [0.15, 0.2) is 30.6 Å². The third-order valence-corrected chi connectivity index (χ3v) is 3.25. The maximum Gasteiger partial charge on any atom is 0.246 e. The van der Waals surface area contributed by atoms with Gasteiger partial charge in [-0.2, -0.15) is 5.10 Å². The zero-order valence-electron chi connectivity index (χ0n) is 11.8. The number of carbonyl (C=O) groups excluding carboxylic acids is 1. The summed E-state index contributed by atoms with van der Waals surface area (Å²) in [5.41, 5.74) is 1.46. The molecule has 2 N–H and O–H groups in total. The highest BCUT2D eigenvalue weighted by Crippen LogP contribution is 2.34. The number of carbonyl (C=O) groups is 1. The number of benzene rings is 1. The fraction of sp³-hybridized carbons (Fsp3) is 0.286. The van der Waals surface area contributed by atoms with Crippen molar-refractivity contribution >= 4 is 11.6 Å². The van der Waals surface area contributed by atoms with Gasteiger partial charge in [-0.15, -0.1) is 0 Å². The molecule has 0 fully saturated rings. The van der Waals surface area contributed by atoms with Crippen LogP contribution in [0.3, 0.4) is 0 Å². The van der Waals surface area contributed by atoms with Crippen molar-refractivity contribution in [1.29, 1.82) is 0 Å². The summed E-state index contributed by atoms with van der Waals surface area (Å²) in [5.74, 6) is 1.16. The molecule has 1 aliphatic heterocycles. The number of amides is 1. The Morgan fingerprint density at radius 3 is 2.90 bits per heavy atom. The van der Waals surface area contributed by atoms with Crippen molar-refractivity contribution in [1.82, 2.24) is 15.1 Å². The normalized spacial score (nSPS) is 14.0. The predicted octanol–water partition coefficient (Wildman–Crippen LogP) is 1.05. The lowest BCUT2D eigenvalue weighted by Gasteiger charge is -2.14. The first kappa shape index (κ1) is 13.4. The van der Waals surface area contributed by atoms with Crippen LogP contribution < -0.4 is 20.1 Å². The molecule has 2 aromatic rings. The molecule has 0 bridgehead atoms. The van der Waals surface area contributed by atoms with E-state index in [4.69, 9.17) is 9.47 Å². The molecule has 1 amide bonds. The monoisotopic (exact) mass is 288 g/mol. The number of hydrogen-bond acceptors (Lipinski definition) is 5. The summed E-state index contributed by atoms with van der Waals surface area (Å²) in [5, 5.41) is 9.92. The molecule has 1 atom stereocenters. The Hall–Kier alpha value is -2.54. The summed E-state index contributed by atoms with van der Waals surface area (Å²) in [4.78, 5) is 12.4. The van der Waals surface area contributed by atoms with Crippen LogP contribution in [0.5, 0.6) is 11.5 Å². The molecular weight excluding hydrogens is 272 g/mol. The first-order valence-corrected chi connectivity index (χ1v) is 6.53. The Bertz CT molecular complexity index is 668. The van der Waals surface area contributed by atoms with Crippen LogP contribution in [0.1, 0.15) is 11.6 Å². The standard InChI is InChI=1S/C14H16N4O3/c1-15-13(9-6-16-18(2)7-9)14(19)17-10-3-4-11-12(5-10)21-8-20-11/h3-7,13,15H,8H2,1-2H3,(H,17,19). The van der Waals surface area contributed by atoms with Crippen molar-refractivity contribution in [3.05, 3.63) is 36.2 Å². The highest BCUT2D eigenvalue weighted by molar-refractivity contribution is 5.95. The molecule has 2 heterocycles. The van der Waals surface area contributed by atoms with Crippen molar-refractivity contribution in [2.75, 3.05) is 19.2 Å². The molecule has 7 heteroatoms. The lowest BCUT2D eigenvalue weighted by Crippen LogP contribution is -2.30. The molecule has 1 aromatic heterocycles. The van der Waals surface area contributed by atoms with E-state index in [0.29, 0.717) is 17.2 Å². The van der Waals surface area contributed by atoms with E-state index in [-0.39, 0.29) is 12.7 Å². The second-order valence-electron chi connectivity index (χ2n) is 4.73. The predicted molar refractivity (Wildman–Crippen MR) is 76.2 cm³/mol. The Morgan fingerprint density at radius 1 is 1.38 bits per heavy atom. The number of likely N-dealkylation sites (N-methyl/N-ethyl adjacent to an activating group) is 1. The highest BCUT2D eigenvalue weighted by Gasteiger charge is 2.21. The van der Waals surface area contributed by atoms with Gasteiger partial charge >= 0.3 is 0 Å². The molecule has 1 unspecified atom stereocenters. The van der Waals surface area contributed by atoms with Gasteiger partial charge in [-0.25, -0.2) is 0 Å². The van der Waals surface area contributed by atoms with Gasteiger partial charge in [0.25, 0.3) is 0 Å². The number of nitrogens with zero attached hydrogens (tertiary/aromatic N) is 2. The van der Waals surface area contributed by atoms with E-state index in [9.17, 15) is 4.79 Å². The average Bonchev–Trinajstić information content (AvgIpc) is 3.08. The van der Waals surface area contributed by atoms with E-state index >= 15 is 0 Å². The van der Waals surface area contributed by atoms with Gasteiger partial charge in [0, 0.05) is 30.6 Å². The average molecular weight is 288 g/mol. The minimum absolute atomic E-state index is 0.163. The van der Waals surface area contributed by atoms with Crippen LogP contribution in [0.4, 0.5) is 5.69 Å². The first-order chi connectivity index (χ1) is 10.2. The number of aromatic nitrogens is 2. The van der Waals surface area contributed by atoms with E-state index < -0.39 is 6.04 Å². The summed E-state index contributed by atoms with van der Waals surface area (Å²) in [6, 6.07) is 4.83. The smallest absolute Gasteiger partial charge is 0.246 e. The van der Waals surface area contributed by atoms with Gasteiger partial charge in [0.1, 0.15) is 6.04 Å². The number of fused-ring (bicyclic) bond motifs is 1. The van der Waals surface area contributed by atoms with E-state index in [0.717, 1.165) is 5.56 Å². The zero-order chi connectivity index (χ0) is 14.8. The molecule has 0 radical (unpaired) electrons. The van der Waals surface area contributed by atoms with Crippen molar-refractivity contribution in [2.24, 2.45) is 7.05 Å². The van der Waals surface area contributed by atoms with Gasteiger partial charge < -0.3 is 20.1 Å². The molecule has 0 spiro atoms. The number of rotatable bonds is 4. The van der Waals surface area contributed by atoms with Crippen molar-refractivity contribution in [2.45, 2.75) is 6.04 Å². The fourth-order valence-electron chi connectivity index (χ4n) is 2.23. The molecule has 3 rings (SSSR count). The van der Waals surface area contributed by atoms with Gasteiger partial charge in [0.2, 0.25) is 12.7 Å². The fourth-order valence-corrected chi connectivity index (χ4v) is 2.23. The second kappa shape index (κ2) is 5.45.